The molecule has 0 atom stereocenters. The molecule has 0 unspecified atom stereocenters. The smallest absolute Gasteiger partial charge is 0.375 e. The summed E-state index contributed by atoms with van der Waals surface area (Å²) in [5, 5.41) is 0. The van der Waals surface area contributed by atoms with E-state index in [4.69, 9.17) is 13.3 Å². The van der Waals surface area contributed by atoms with Crippen LogP contribution in [0.1, 0.15) is 11.1 Å². The SMILES string of the molecule is C1=Cc2ccccc21.CO[Si](OC)OC. The van der Waals surface area contributed by atoms with E-state index in [1.807, 2.05) is 0 Å². The Hall–Kier alpha value is -0.943. The van der Waals surface area contributed by atoms with Gasteiger partial charge in [0.25, 0.3) is 0 Å². The lowest BCUT2D eigenvalue weighted by atomic mass is 9.99. The van der Waals surface area contributed by atoms with Gasteiger partial charge in [0.05, 0.1) is 0 Å². The summed E-state index contributed by atoms with van der Waals surface area (Å²) in [7, 11) is 3.31. The van der Waals surface area contributed by atoms with Gasteiger partial charge in [-0.2, -0.15) is 0 Å². The van der Waals surface area contributed by atoms with Crippen LogP contribution >= 0.6 is 0 Å². The zero-order chi connectivity index (χ0) is 11.1. The molecule has 1 aliphatic rings. The van der Waals surface area contributed by atoms with Crippen molar-refractivity contribution in [3.63, 3.8) is 0 Å². The molecule has 15 heavy (non-hydrogen) atoms. The molecule has 1 radical (unpaired) electrons. The summed E-state index contributed by atoms with van der Waals surface area (Å²) in [5.41, 5.74) is 2.74. The molecule has 0 bridgehead atoms. The number of benzene rings is 1. The molecular formula is C11H15O3Si. The molecule has 0 amide bonds. The third-order valence-electron chi connectivity index (χ3n) is 1.94. The van der Waals surface area contributed by atoms with E-state index in [9.17, 15) is 0 Å². The Balaban J connectivity index is 0.000000153. The van der Waals surface area contributed by atoms with Gasteiger partial charge in [0.2, 0.25) is 0 Å². The number of rotatable bonds is 3. The Kier molecular flexibility index (Phi) is 5.27. The second kappa shape index (κ2) is 6.52. The zero-order valence-electron chi connectivity index (χ0n) is 9.19. The van der Waals surface area contributed by atoms with Crippen LogP contribution in [0.5, 0.6) is 0 Å². The standard InChI is InChI=1S/C8H6.C3H9O3Si/c1-2-4-8-6-5-7(8)3-1;1-4-7(5-2)6-3/h1-6H;1-3H3. The number of hydrogen-bond donors (Lipinski definition) is 0. The van der Waals surface area contributed by atoms with Crippen LogP contribution < -0.4 is 0 Å². The van der Waals surface area contributed by atoms with E-state index in [1.165, 1.54) is 11.1 Å². The zero-order valence-corrected chi connectivity index (χ0v) is 10.2. The second-order valence-electron chi connectivity index (χ2n) is 2.82. The topological polar surface area (TPSA) is 27.7 Å². The molecule has 4 heteroatoms. The normalized spacial score (nSPS) is 11.5. The van der Waals surface area contributed by atoms with E-state index in [2.05, 4.69) is 36.4 Å². The van der Waals surface area contributed by atoms with Gasteiger partial charge in [-0.25, -0.2) is 0 Å². The van der Waals surface area contributed by atoms with E-state index < -0.39 is 9.53 Å². The summed E-state index contributed by atoms with van der Waals surface area (Å²) < 4.78 is 14.1. The third kappa shape index (κ3) is 3.60. The van der Waals surface area contributed by atoms with Crippen LogP contribution in [0, 0.1) is 0 Å². The first kappa shape index (κ1) is 12.1. The van der Waals surface area contributed by atoms with Gasteiger partial charge in [-0.1, -0.05) is 36.4 Å². The van der Waals surface area contributed by atoms with E-state index in [-0.39, 0.29) is 0 Å². The summed E-state index contributed by atoms with van der Waals surface area (Å²) in [6, 6.07) is 8.36. The molecule has 3 nitrogen and oxygen atoms in total. The summed E-state index contributed by atoms with van der Waals surface area (Å²) in [6.07, 6.45) is 4.24. The fourth-order valence-electron chi connectivity index (χ4n) is 1.15. The molecule has 0 saturated heterocycles. The first-order valence-electron chi connectivity index (χ1n) is 4.58. The fourth-order valence-corrected chi connectivity index (χ4v) is 1.65. The fraction of sp³-hybridized carbons (Fsp3) is 0.273. The van der Waals surface area contributed by atoms with E-state index >= 15 is 0 Å². The molecule has 0 aliphatic heterocycles. The first-order chi connectivity index (χ1) is 7.31. The maximum Gasteiger partial charge on any atom is 0.576 e. The van der Waals surface area contributed by atoms with Crippen LogP contribution in [0.15, 0.2) is 24.3 Å². The summed E-state index contributed by atoms with van der Waals surface area (Å²) in [4.78, 5) is 0. The first-order valence-corrected chi connectivity index (χ1v) is 5.80. The molecule has 0 saturated carbocycles. The van der Waals surface area contributed by atoms with Crippen molar-refractivity contribution in [2.45, 2.75) is 0 Å². The highest BCUT2D eigenvalue weighted by Gasteiger charge is 2.09. The summed E-state index contributed by atoms with van der Waals surface area (Å²) >= 11 is 0. The van der Waals surface area contributed by atoms with Crippen LogP contribution in [0.25, 0.3) is 12.2 Å². The minimum Gasteiger partial charge on any atom is -0.375 e. The Labute approximate surface area is 92.3 Å². The lowest BCUT2D eigenvalue weighted by molar-refractivity contribution is 0.163. The molecule has 0 N–H and O–H groups in total. The van der Waals surface area contributed by atoms with Crippen LogP contribution in [0.4, 0.5) is 0 Å². The van der Waals surface area contributed by atoms with Crippen molar-refractivity contribution in [1.29, 1.82) is 0 Å². The summed E-state index contributed by atoms with van der Waals surface area (Å²) in [6.45, 7) is 0. The van der Waals surface area contributed by atoms with Crippen molar-refractivity contribution in [1.82, 2.24) is 0 Å². The second-order valence-corrected chi connectivity index (χ2v) is 4.55. The average molecular weight is 223 g/mol. The van der Waals surface area contributed by atoms with Crippen LogP contribution in [0.2, 0.25) is 0 Å². The van der Waals surface area contributed by atoms with Gasteiger partial charge in [-0.3, -0.25) is 0 Å². The average Bonchev–Trinajstić information content (AvgIpc) is 2.24. The molecule has 0 aromatic heterocycles. The minimum atomic E-state index is -1.36. The lowest BCUT2D eigenvalue weighted by Gasteiger charge is -2.06. The monoisotopic (exact) mass is 223 g/mol. The Morgan fingerprint density at radius 1 is 0.800 bits per heavy atom. The van der Waals surface area contributed by atoms with Gasteiger partial charge >= 0.3 is 9.53 Å². The van der Waals surface area contributed by atoms with E-state index in [0.717, 1.165) is 0 Å². The largest absolute Gasteiger partial charge is 0.576 e. The highest BCUT2D eigenvalue weighted by Crippen LogP contribution is 2.21. The van der Waals surface area contributed by atoms with Crippen LogP contribution in [-0.2, 0) is 13.3 Å². The van der Waals surface area contributed by atoms with Crippen LogP contribution in [-0.4, -0.2) is 30.9 Å². The van der Waals surface area contributed by atoms with Crippen molar-refractivity contribution in [2.75, 3.05) is 21.3 Å². The summed E-state index contributed by atoms with van der Waals surface area (Å²) in [5.74, 6) is 0. The van der Waals surface area contributed by atoms with Gasteiger partial charge in [0.1, 0.15) is 0 Å². The lowest BCUT2D eigenvalue weighted by Crippen LogP contribution is -2.21. The predicted octanol–water partition coefficient (Wildman–Crippen LogP) is 2.08. The van der Waals surface area contributed by atoms with E-state index in [1.54, 1.807) is 21.3 Å². The van der Waals surface area contributed by atoms with Gasteiger partial charge in [0, 0.05) is 21.3 Å². The molecule has 0 fully saturated rings. The molecule has 1 aromatic carbocycles. The van der Waals surface area contributed by atoms with Gasteiger partial charge in [-0.05, 0) is 11.1 Å². The van der Waals surface area contributed by atoms with Gasteiger partial charge in [-0.15, -0.1) is 0 Å². The molecule has 1 aliphatic carbocycles. The molecule has 1 aromatic rings. The molecule has 81 valence electrons. The molecule has 0 heterocycles. The van der Waals surface area contributed by atoms with Crippen molar-refractivity contribution in [3.05, 3.63) is 35.4 Å². The van der Waals surface area contributed by atoms with Gasteiger partial charge in [0.15, 0.2) is 0 Å². The molecular weight excluding hydrogens is 208 g/mol. The Morgan fingerprint density at radius 2 is 1.20 bits per heavy atom. The van der Waals surface area contributed by atoms with Crippen molar-refractivity contribution >= 4 is 21.7 Å². The minimum absolute atomic E-state index is 1.36. The molecule has 0 spiro atoms. The Morgan fingerprint density at radius 3 is 1.33 bits per heavy atom. The molecule has 2 rings (SSSR count). The number of hydrogen-bond acceptors (Lipinski definition) is 3. The van der Waals surface area contributed by atoms with Crippen molar-refractivity contribution in [2.24, 2.45) is 0 Å². The quantitative estimate of drug-likeness (QED) is 0.746. The van der Waals surface area contributed by atoms with E-state index in [0.29, 0.717) is 0 Å². The third-order valence-corrected chi connectivity index (χ3v) is 2.94. The maximum atomic E-state index is 4.71. The van der Waals surface area contributed by atoms with Gasteiger partial charge < -0.3 is 13.3 Å². The highest BCUT2D eigenvalue weighted by molar-refractivity contribution is 6.36. The van der Waals surface area contributed by atoms with Crippen molar-refractivity contribution < 1.29 is 13.3 Å². The maximum absolute atomic E-state index is 4.71. The Bertz CT molecular complexity index is 291. The predicted molar refractivity (Wildman–Crippen MR) is 62.2 cm³/mol. The highest BCUT2D eigenvalue weighted by atomic mass is 28.3. The van der Waals surface area contributed by atoms with Crippen LogP contribution in [0.3, 0.4) is 0 Å². The number of fused-ring (bicyclic) bond motifs is 1. The van der Waals surface area contributed by atoms with Crippen molar-refractivity contribution in [3.8, 4) is 0 Å².